The molecule has 20 atom stereocenters. The summed E-state index contributed by atoms with van der Waals surface area (Å²) in [5, 5.41) is 11.5. The van der Waals surface area contributed by atoms with Crippen molar-refractivity contribution in [1.29, 1.82) is 0 Å². The van der Waals surface area contributed by atoms with E-state index in [1.54, 1.807) is 0 Å². The molecule has 8 unspecified atom stereocenters. The number of carbonyl (C=O) groups excluding carboxylic acids is 8. The van der Waals surface area contributed by atoms with E-state index in [1.165, 1.54) is 35.4 Å². The molecule has 0 saturated carbocycles. The number of esters is 8. The molecule has 0 aromatic heterocycles. The fourth-order valence-corrected chi connectivity index (χ4v) is 9.52. The second kappa shape index (κ2) is 25.9. The van der Waals surface area contributed by atoms with Crippen molar-refractivity contribution >= 4 is 47.8 Å². The summed E-state index contributed by atoms with van der Waals surface area (Å²) in [5.41, 5.74) is -4.56. The summed E-state index contributed by atoms with van der Waals surface area (Å²) in [4.78, 5) is 103. The summed E-state index contributed by atoms with van der Waals surface area (Å²) in [7, 11) is 6.95. The van der Waals surface area contributed by atoms with Gasteiger partial charge in [-0.25, -0.2) is 9.59 Å². The monoisotopic (exact) mass is 1070 g/mol. The summed E-state index contributed by atoms with van der Waals surface area (Å²) < 4.78 is 117. The molecule has 0 aromatic rings. The summed E-state index contributed by atoms with van der Waals surface area (Å²) in [6, 6.07) is 0. The maximum absolute atomic E-state index is 14.3. The van der Waals surface area contributed by atoms with Gasteiger partial charge in [-0.1, -0.05) is 6.92 Å². The van der Waals surface area contributed by atoms with Crippen LogP contribution in [0.1, 0.15) is 54.9 Å². The summed E-state index contributed by atoms with van der Waals surface area (Å²) >= 11 is 0. The van der Waals surface area contributed by atoms with Crippen molar-refractivity contribution in [2.24, 2.45) is 0 Å². The zero-order valence-corrected chi connectivity index (χ0v) is 43.1. The Labute approximate surface area is 424 Å². The Bertz CT molecular complexity index is 2000. The lowest BCUT2D eigenvalue weighted by molar-refractivity contribution is -0.429. The highest BCUT2D eigenvalue weighted by molar-refractivity contribution is 5.82. The molecular formula is C45H66O29. The average molecular weight is 1070 g/mol. The van der Waals surface area contributed by atoms with Crippen LogP contribution < -0.4 is 0 Å². The molecule has 29 nitrogen and oxygen atoms in total. The van der Waals surface area contributed by atoms with E-state index in [0.717, 1.165) is 55.8 Å². The highest BCUT2D eigenvalue weighted by Crippen LogP contribution is 2.46. The molecule has 6 heterocycles. The largest absolute Gasteiger partial charge is 0.467 e. The summed E-state index contributed by atoms with van der Waals surface area (Å²) in [5.74, 6) is -7.42. The third-order valence-corrected chi connectivity index (χ3v) is 12.7. The van der Waals surface area contributed by atoms with Gasteiger partial charge in [-0.05, 0) is 6.42 Å². The van der Waals surface area contributed by atoms with Crippen molar-refractivity contribution in [1.82, 2.24) is 0 Å². The van der Waals surface area contributed by atoms with Crippen molar-refractivity contribution in [3.63, 3.8) is 0 Å². The number of ether oxygens (including phenoxy) is 20. The van der Waals surface area contributed by atoms with E-state index in [0.29, 0.717) is 0 Å². The quantitative estimate of drug-likeness (QED) is 0.0945. The Morgan fingerprint density at radius 2 is 0.946 bits per heavy atom. The van der Waals surface area contributed by atoms with Crippen LogP contribution in [-0.2, 0) is 133 Å². The molecule has 1 N–H and O–H groups in total. The van der Waals surface area contributed by atoms with Crippen LogP contribution >= 0.6 is 0 Å². The molecule has 74 heavy (non-hydrogen) atoms. The smallest absolute Gasteiger partial charge is 0.343 e. The van der Waals surface area contributed by atoms with Crippen LogP contribution in [0.5, 0.6) is 0 Å². The van der Waals surface area contributed by atoms with Crippen LogP contribution in [0.2, 0.25) is 0 Å². The molecule has 6 fully saturated rings. The number of hydrogen-bond acceptors (Lipinski definition) is 29. The standard InChI is InChI=1S/C45H66O29/c1-14-44(42(53)59-12)36(52)30(55-8)32(57-10)40(73-44)70-27-25(16-62-19(3)47)69-39(35(67-23(7)51)29(27)65-21(5)49)72-37-31(56-9)33-41(74-45(37,17-63-33)43(54)60-13)71-26-24(15-61-18(2)46)68-38(58-11)34(66-22(6)50)28(26)64-20(4)48/h24-41,52H,14-17H2,1-13H3/t24?,25?,26-,27-,28-,29-,30+,31?,32?,33+,34?,35?,36+,37+,38+,39-,40+,41-,44?,45?/m0/s1. The molecule has 0 amide bonds. The molecule has 6 aliphatic rings. The maximum Gasteiger partial charge on any atom is 0.343 e. The van der Waals surface area contributed by atoms with E-state index >= 15 is 0 Å². The SMILES string of the molecule is CCC1(C(=O)OC)O[C@@H](O[C@H]2C(COC(C)=O)O[C@@H](O[C@@H]3C(OC)[C@H]4OCC3(C(=O)OC)O[C@@H]4O[C@H]3C(COC(C)=O)O[C@@H](OC)C(OC(C)=O)[C@H]3OC(C)=O)C(OC(C)=O)[C@H]2OC(C)=O)C(OC)[C@@H](OC)[C@H]1O. The Morgan fingerprint density at radius 3 is 1.38 bits per heavy atom. The van der Waals surface area contributed by atoms with Crippen molar-refractivity contribution in [2.45, 2.75) is 177 Å². The number of aliphatic hydroxyl groups is 1. The minimum Gasteiger partial charge on any atom is -0.467 e. The van der Waals surface area contributed by atoms with Crippen LogP contribution in [-0.4, -0.2) is 237 Å². The first-order chi connectivity index (χ1) is 35.0. The van der Waals surface area contributed by atoms with Gasteiger partial charge in [0.05, 0.1) is 20.8 Å². The van der Waals surface area contributed by atoms with Gasteiger partial charge in [0.2, 0.25) is 5.60 Å². The van der Waals surface area contributed by atoms with E-state index in [9.17, 15) is 43.5 Å². The first-order valence-electron chi connectivity index (χ1n) is 23.2. The minimum atomic E-state index is -2.42. The van der Waals surface area contributed by atoms with Gasteiger partial charge in [0.1, 0.15) is 74.3 Å². The van der Waals surface area contributed by atoms with Crippen LogP contribution in [0.15, 0.2) is 0 Å². The third-order valence-electron chi connectivity index (χ3n) is 12.7. The zero-order valence-electron chi connectivity index (χ0n) is 43.1. The topological polar surface area (TPSA) is 341 Å². The van der Waals surface area contributed by atoms with Gasteiger partial charge in [0, 0.05) is 70.0 Å². The Kier molecular flexibility index (Phi) is 21.0. The Hall–Kier alpha value is -4.76. The summed E-state index contributed by atoms with van der Waals surface area (Å²) in [6.07, 6.45) is -28.9. The second-order valence-corrected chi connectivity index (χ2v) is 17.4. The van der Waals surface area contributed by atoms with Crippen LogP contribution in [0, 0.1) is 0 Å². The fraction of sp³-hybridized carbons (Fsp3) is 0.822. The van der Waals surface area contributed by atoms with Gasteiger partial charge in [-0.3, -0.25) is 28.8 Å². The zero-order chi connectivity index (χ0) is 55.0. The van der Waals surface area contributed by atoms with Crippen LogP contribution in [0.3, 0.4) is 0 Å². The first-order valence-corrected chi connectivity index (χ1v) is 23.2. The Morgan fingerprint density at radius 1 is 0.486 bits per heavy atom. The number of hydrogen-bond donors (Lipinski definition) is 1. The number of fused-ring (bicyclic) bond motifs is 3. The van der Waals surface area contributed by atoms with Gasteiger partial charge in [0.25, 0.3) is 0 Å². The molecule has 29 heteroatoms. The van der Waals surface area contributed by atoms with Crippen molar-refractivity contribution in [2.75, 3.05) is 62.5 Å². The normalized spacial score (nSPS) is 38.6. The summed E-state index contributed by atoms with van der Waals surface area (Å²) in [6.45, 7) is 6.00. The maximum atomic E-state index is 14.3. The number of carbonyl (C=O) groups is 8. The molecule has 0 radical (unpaired) electrons. The van der Waals surface area contributed by atoms with Crippen LogP contribution in [0.4, 0.5) is 0 Å². The van der Waals surface area contributed by atoms with Crippen LogP contribution in [0.25, 0.3) is 0 Å². The van der Waals surface area contributed by atoms with E-state index in [-0.39, 0.29) is 6.42 Å². The van der Waals surface area contributed by atoms with Gasteiger partial charge in [-0.15, -0.1) is 0 Å². The molecule has 6 rings (SSSR count). The molecule has 420 valence electrons. The Balaban J connectivity index is 1.60. The minimum absolute atomic E-state index is 0.198. The number of methoxy groups -OCH3 is 6. The molecule has 6 saturated heterocycles. The molecule has 0 spiro atoms. The lowest BCUT2D eigenvalue weighted by Gasteiger charge is -2.57. The molecule has 6 aliphatic heterocycles. The lowest BCUT2D eigenvalue weighted by atomic mass is 9.83. The fourth-order valence-electron chi connectivity index (χ4n) is 9.52. The van der Waals surface area contributed by atoms with E-state index in [2.05, 4.69) is 0 Å². The predicted molar refractivity (Wildman–Crippen MR) is 232 cm³/mol. The first kappa shape index (κ1) is 60.1. The number of aliphatic hydroxyl groups excluding tert-OH is 1. The third kappa shape index (κ3) is 12.7. The molecule has 2 bridgehead atoms. The van der Waals surface area contributed by atoms with Gasteiger partial charge < -0.3 is 99.8 Å². The molecule has 0 aromatic carbocycles. The highest BCUT2D eigenvalue weighted by atomic mass is 16.8. The molecule has 0 aliphatic carbocycles. The van der Waals surface area contributed by atoms with Gasteiger partial charge >= 0.3 is 47.8 Å². The van der Waals surface area contributed by atoms with Gasteiger partial charge in [-0.2, -0.15) is 0 Å². The van der Waals surface area contributed by atoms with Gasteiger partial charge in [0.15, 0.2) is 55.2 Å². The van der Waals surface area contributed by atoms with Crippen molar-refractivity contribution in [3.05, 3.63) is 0 Å². The van der Waals surface area contributed by atoms with E-state index in [1.807, 2.05) is 0 Å². The van der Waals surface area contributed by atoms with E-state index < -0.39 is 189 Å². The second-order valence-electron chi connectivity index (χ2n) is 17.4. The van der Waals surface area contributed by atoms with E-state index in [4.69, 9.17) is 94.7 Å². The lowest BCUT2D eigenvalue weighted by Crippen LogP contribution is -2.78. The average Bonchev–Trinajstić information content (AvgIpc) is 3.34. The number of rotatable bonds is 21. The van der Waals surface area contributed by atoms with Crippen molar-refractivity contribution < 1.29 is 138 Å². The molecular weight excluding hydrogens is 1000 g/mol. The predicted octanol–water partition coefficient (Wildman–Crippen LogP) is -2.16. The highest BCUT2D eigenvalue weighted by Gasteiger charge is 2.69. The van der Waals surface area contributed by atoms with Crippen molar-refractivity contribution in [3.8, 4) is 0 Å².